The zero-order chi connectivity index (χ0) is 20.5. The molecule has 25 heavy (non-hydrogen) atoms. The Morgan fingerprint density at radius 2 is 1.04 bits per heavy atom. The second kappa shape index (κ2) is 11.7. The van der Waals surface area contributed by atoms with Crippen molar-refractivity contribution in [3.8, 4) is 0 Å². The topological polar surface area (TPSA) is 0 Å². The molecule has 0 bridgehead atoms. The van der Waals surface area contributed by atoms with Crippen LogP contribution in [-0.4, -0.2) is 0 Å². The van der Waals surface area contributed by atoms with Crippen molar-refractivity contribution in [1.82, 2.24) is 0 Å². The fourth-order valence-electron chi connectivity index (χ4n) is 2.58. The van der Waals surface area contributed by atoms with Gasteiger partial charge in [-0.3, -0.25) is 0 Å². The van der Waals surface area contributed by atoms with Crippen molar-refractivity contribution in [3.63, 3.8) is 0 Å². The fourth-order valence-corrected chi connectivity index (χ4v) is 2.58. The summed E-state index contributed by atoms with van der Waals surface area (Å²) in [4.78, 5) is 0. The zero-order valence-corrected chi connectivity index (χ0v) is 20.5. The Morgan fingerprint density at radius 3 is 1.16 bits per heavy atom. The van der Waals surface area contributed by atoms with Gasteiger partial charge in [0.25, 0.3) is 0 Å². The largest absolute Gasteiger partial charge is 0.0651 e. The molecule has 0 aromatic heterocycles. The molecule has 0 aromatic rings. The van der Waals surface area contributed by atoms with E-state index in [4.69, 9.17) is 0 Å². The van der Waals surface area contributed by atoms with Gasteiger partial charge in [0.15, 0.2) is 0 Å². The Balaban J connectivity index is 0. The Morgan fingerprint density at radius 1 is 0.680 bits per heavy atom. The smallest absolute Gasteiger partial charge is 0.0354 e. The average Bonchev–Trinajstić information content (AvgIpc) is 2.45. The molecule has 0 N–H and O–H groups in total. The molecule has 0 heterocycles. The summed E-state index contributed by atoms with van der Waals surface area (Å²) in [6.45, 7) is 29.8. The maximum atomic E-state index is 2.38. The molecule has 154 valence electrons. The molecule has 1 fully saturated rings. The van der Waals surface area contributed by atoms with Crippen LogP contribution in [-0.2, 0) is 0 Å². The van der Waals surface area contributed by atoms with E-state index in [-0.39, 0.29) is 0 Å². The van der Waals surface area contributed by atoms with Gasteiger partial charge in [0.1, 0.15) is 0 Å². The minimum atomic E-state index is 0.500. The Bertz CT molecular complexity index is 296. The first-order valence-electron chi connectivity index (χ1n) is 11.0. The molecule has 0 saturated heterocycles. The molecule has 0 spiro atoms. The predicted octanol–water partition coefficient (Wildman–Crippen LogP) is 9.38. The van der Waals surface area contributed by atoms with Crippen LogP contribution >= 0.6 is 0 Å². The molecule has 0 nitrogen and oxygen atoms in total. The molecule has 0 aromatic carbocycles. The average molecular weight is 355 g/mol. The highest BCUT2D eigenvalue weighted by atomic mass is 14.3. The van der Waals surface area contributed by atoms with Gasteiger partial charge in [-0.05, 0) is 46.8 Å². The van der Waals surface area contributed by atoms with E-state index in [1.807, 2.05) is 0 Å². The van der Waals surface area contributed by atoms with Crippen molar-refractivity contribution < 1.29 is 0 Å². The number of hydrogen-bond acceptors (Lipinski definition) is 0. The molecular formula is C25H54. The van der Waals surface area contributed by atoms with Crippen LogP contribution in [0, 0.1) is 34.0 Å². The molecule has 1 unspecified atom stereocenters. The summed E-state index contributed by atoms with van der Waals surface area (Å²) >= 11 is 0. The Kier molecular flexibility index (Phi) is 12.7. The minimum absolute atomic E-state index is 0.500. The summed E-state index contributed by atoms with van der Waals surface area (Å²) in [7, 11) is 0. The summed E-state index contributed by atoms with van der Waals surface area (Å²) in [6.07, 6.45) is 8.67. The number of hydrogen-bond donors (Lipinski definition) is 0. The monoisotopic (exact) mass is 354 g/mol. The molecule has 1 saturated carbocycles. The minimum Gasteiger partial charge on any atom is -0.0651 e. The van der Waals surface area contributed by atoms with Crippen LogP contribution in [0.15, 0.2) is 0 Å². The van der Waals surface area contributed by atoms with Gasteiger partial charge in [-0.2, -0.15) is 0 Å². The van der Waals surface area contributed by atoms with Crippen molar-refractivity contribution in [2.45, 2.75) is 129 Å². The summed E-state index contributed by atoms with van der Waals surface area (Å²) in [5, 5.41) is 0. The maximum Gasteiger partial charge on any atom is -0.0354 e. The summed E-state index contributed by atoms with van der Waals surface area (Å²) in [5.41, 5.74) is 1.58. The first kappa shape index (κ1) is 27.2. The van der Waals surface area contributed by atoms with Crippen molar-refractivity contribution >= 4 is 0 Å². The molecule has 1 rings (SSSR count). The SMILES string of the molecule is CC(C)(C)C1CCCCC1.CC(C)C(C)(C)C.CCC(C)C(C)(C)C. The highest BCUT2D eigenvalue weighted by Gasteiger charge is 2.25. The lowest BCUT2D eigenvalue weighted by Crippen LogP contribution is -2.22. The molecule has 0 radical (unpaired) electrons. The third-order valence-corrected chi connectivity index (χ3v) is 6.65. The second-order valence-corrected chi connectivity index (χ2v) is 11.9. The van der Waals surface area contributed by atoms with Crippen LogP contribution in [0.3, 0.4) is 0 Å². The highest BCUT2D eigenvalue weighted by molar-refractivity contribution is 4.76. The standard InChI is InChI=1S/C10H20.C8H18.C7H16/c1-10(2,3)9-7-5-4-6-8-9;1-6-7(2)8(3,4)5;1-6(2)7(3,4)5/h9H,4-8H2,1-3H3;7H,6H2,1-5H3;6H,1-5H3. The van der Waals surface area contributed by atoms with Crippen molar-refractivity contribution in [3.05, 3.63) is 0 Å². The second-order valence-electron chi connectivity index (χ2n) is 11.9. The van der Waals surface area contributed by atoms with E-state index >= 15 is 0 Å². The van der Waals surface area contributed by atoms with E-state index in [0.717, 1.165) is 17.8 Å². The van der Waals surface area contributed by atoms with Crippen LogP contribution < -0.4 is 0 Å². The fraction of sp³-hybridized carbons (Fsp3) is 1.00. The van der Waals surface area contributed by atoms with Crippen molar-refractivity contribution in [2.75, 3.05) is 0 Å². The first-order chi connectivity index (χ1) is 11.0. The zero-order valence-electron chi connectivity index (χ0n) is 20.5. The van der Waals surface area contributed by atoms with Gasteiger partial charge in [-0.15, -0.1) is 0 Å². The van der Waals surface area contributed by atoms with Crippen LogP contribution in [0.25, 0.3) is 0 Å². The van der Waals surface area contributed by atoms with Gasteiger partial charge < -0.3 is 0 Å². The van der Waals surface area contributed by atoms with Crippen LogP contribution in [0.1, 0.15) is 129 Å². The third kappa shape index (κ3) is 14.8. The van der Waals surface area contributed by atoms with Gasteiger partial charge in [0, 0.05) is 0 Å². The van der Waals surface area contributed by atoms with Gasteiger partial charge in [0.2, 0.25) is 0 Å². The molecule has 0 amide bonds. The molecule has 1 aliphatic carbocycles. The predicted molar refractivity (Wildman–Crippen MR) is 119 cm³/mol. The van der Waals surface area contributed by atoms with E-state index in [1.54, 1.807) is 0 Å². The Hall–Kier alpha value is 0. The van der Waals surface area contributed by atoms with Gasteiger partial charge in [-0.1, -0.05) is 116 Å². The molecule has 0 aliphatic heterocycles. The lowest BCUT2D eigenvalue weighted by atomic mass is 9.72. The normalized spacial score (nSPS) is 18.0. The van der Waals surface area contributed by atoms with E-state index in [9.17, 15) is 0 Å². The van der Waals surface area contributed by atoms with Gasteiger partial charge in [0.05, 0.1) is 0 Å². The van der Waals surface area contributed by atoms with E-state index < -0.39 is 0 Å². The van der Waals surface area contributed by atoms with Gasteiger partial charge in [-0.25, -0.2) is 0 Å². The van der Waals surface area contributed by atoms with Crippen LogP contribution in [0.2, 0.25) is 0 Å². The lowest BCUT2D eigenvalue weighted by Gasteiger charge is -2.33. The van der Waals surface area contributed by atoms with E-state index in [1.165, 1.54) is 38.5 Å². The molecular weight excluding hydrogens is 300 g/mol. The molecule has 0 heteroatoms. The summed E-state index contributed by atoms with van der Waals surface area (Å²) in [6, 6.07) is 0. The van der Waals surface area contributed by atoms with E-state index in [0.29, 0.717) is 16.2 Å². The first-order valence-corrected chi connectivity index (χ1v) is 11.0. The van der Waals surface area contributed by atoms with Gasteiger partial charge >= 0.3 is 0 Å². The highest BCUT2D eigenvalue weighted by Crippen LogP contribution is 2.37. The van der Waals surface area contributed by atoms with Crippen molar-refractivity contribution in [2.24, 2.45) is 34.0 Å². The Labute approximate surface area is 163 Å². The quantitative estimate of drug-likeness (QED) is 0.440. The van der Waals surface area contributed by atoms with Crippen molar-refractivity contribution in [1.29, 1.82) is 0 Å². The lowest BCUT2D eigenvalue weighted by molar-refractivity contribution is 0.180. The molecule has 1 aliphatic rings. The third-order valence-electron chi connectivity index (χ3n) is 6.65. The number of rotatable bonds is 1. The maximum absolute atomic E-state index is 2.38. The van der Waals surface area contributed by atoms with Crippen LogP contribution in [0.5, 0.6) is 0 Å². The van der Waals surface area contributed by atoms with Crippen LogP contribution in [0.4, 0.5) is 0 Å². The summed E-state index contributed by atoms with van der Waals surface area (Å²) < 4.78 is 0. The molecule has 1 atom stereocenters. The van der Waals surface area contributed by atoms with E-state index in [2.05, 4.69) is 90.0 Å². The summed E-state index contributed by atoms with van der Waals surface area (Å²) in [5.74, 6) is 2.65.